The summed E-state index contributed by atoms with van der Waals surface area (Å²) in [6, 6.07) is 2.93. The first kappa shape index (κ1) is 13.0. The van der Waals surface area contributed by atoms with Crippen molar-refractivity contribution in [3.63, 3.8) is 0 Å². The first-order chi connectivity index (χ1) is 8.52. The van der Waals surface area contributed by atoms with Crippen LogP contribution in [0.1, 0.15) is 23.7 Å². The number of rotatable bonds is 2. The van der Waals surface area contributed by atoms with Crippen molar-refractivity contribution in [3.05, 3.63) is 35.4 Å². The Morgan fingerprint density at radius 3 is 2.83 bits per heavy atom. The van der Waals surface area contributed by atoms with Crippen LogP contribution in [0.4, 0.5) is 8.78 Å². The summed E-state index contributed by atoms with van der Waals surface area (Å²) in [6.45, 7) is 2.90. The number of amides is 1. The van der Waals surface area contributed by atoms with Crippen molar-refractivity contribution in [2.75, 3.05) is 13.1 Å². The number of hydrogen-bond donors (Lipinski definition) is 1. The van der Waals surface area contributed by atoms with E-state index in [2.05, 4.69) is 0 Å². The lowest BCUT2D eigenvalue weighted by atomic mass is 10.1. The van der Waals surface area contributed by atoms with E-state index in [0.29, 0.717) is 13.1 Å². The maximum absolute atomic E-state index is 13.5. The van der Waals surface area contributed by atoms with E-state index in [4.69, 9.17) is 5.73 Å². The highest BCUT2D eigenvalue weighted by Crippen LogP contribution is 2.25. The quantitative estimate of drug-likeness (QED) is 0.874. The summed E-state index contributed by atoms with van der Waals surface area (Å²) >= 11 is 0. The third-order valence-corrected chi connectivity index (χ3v) is 3.41. The fraction of sp³-hybridized carbons (Fsp3) is 0.462. The molecular weight excluding hydrogens is 238 g/mol. The molecule has 2 N–H and O–H groups in total. The molecule has 0 aromatic heterocycles. The summed E-state index contributed by atoms with van der Waals surface area (Å²) in [5.41, 5.74) is 5.37. The molecule has 1 aromatic rings. The highest BCUT2D eigenvalue weighted by Gasteiger charge is 2.33. The zero-order valence-corrected chi connectivity index (χ0v) is 10.2. The van der Waals surface area contributed by atoms with Crippen LogP contribution in [0, 0.1) is 17.6 Å². The van der Waals surface area contributed by atoms with Crippen molar-refractivity contribution in [1.82, 2.24) is 4.90 Å². The molecule has 0 radical (unpaired) electrons. The Hall–Kier alpha value is -1.49. The zero-order valence-electron chi connectivity index (χ0n) is 10.2. The van der Waals surface area contributed by atoms with Crippen molar-refractivity contribution in [1.29, 1.82) is 0 Å². The van der Waals surface area contributed by atoms with E-state index in [-0.39, 0.29) is 17.5 Å². The normalized spacial score (nSPS) is 23.4. The molecule has 0 saturated carbocycles. The largest absolute Gasteiger partial charge is 0.336 e. The van der Waals surface area contributed by atoms with Crippen LogP contribution in [0.25, 0.3) is 0 Å². The van der Waals surface area contributed by atoms with Gasteiger partial charge in [0.2, 0.25) is 0 Å². The molecule has 18 heavy (non-hydrogen) atoms. The van der Waals surface area contributed by atoms with Gasteiger partial charge in [0.15, 0.2) is 0 Å². The van der Waals surface area contributed by atoms with E-state index in [1.54, 1.807) is 4.90 Å². The molecule has 0 aliphatic carbocycles. The smallest absolute Gasteiger partial charge is 0.257 e. The number of benzene rings is 1. The summed E-state index contributed by atoms with van der Waals surface area (Å²) in [5, 5.41) is 0. The molecule has 2 unspecified atom stereocenters. The van der Waals surface area contributed by atoms with Crippen LogP contribution in [-0.2, 0) is 0 Å². The average molecular weight is 254 g/mol. The fourth-order valence-electron chi connectivity index (χ4n) is 2.41. The minimum absolute atomic E-state index is 0.00807. The van der Waals surface area contributed by atoms with E-state index in [1.807, 2.05) is 6.92 Å². The van der Waals surface area contributed by atoms with Crippen LogP contribution in [0.15, 0.2) is 18.2 Å². The number of carbonyl (C=O) groups excluding carboxylic acids is 1. The predicted octanol–water partition coefficient (Wildman–Crippen LogP) is 1.77. The molecule has 1 aromatic carbocycles. The summed E-state index contributed by atoms with van der Waals surface area (Å²) in [4.78, 5) is 13.7. The molecule has 3 nitrogen and oxygen atoms in total. The van der Waals surface area contributed by atoms with Gasteiger partial charge in [-0.05, 0) is 44.0 Å². The van der Waals surface area contributed by atoms with Gasteiger partial charge in [0.25, 0.3) is 5.91 Å². The summed E-state index contributed by atoms with van der Waals surface area (Å²) < 4.78 is 26.6. The van der Waals surface area contributed by atoms with Gasteiger partial charge in [-0.2, -0.15) is 0 Å². The van der Waals surface area contributed by atoms with Gasteiger partial charge < -0.3 is 10.6 Å². The maximum atomic E-state index is 13.5. The molecule has 1 fully saturated rings. The topological polar surface area (TPSA) is 46.3 Å². The first-order valence-corrected chi connectivity index (χ1v) is 5.99. The molecule has 1 saturated heterocycles. The van der Waals surface area contributed by atoms with Gasteiger partial charge in [0.1, 0.15) is 11.6 Å². The highest BCUT2D eigenvalue weighted by molar-refractivity contribution is 5.94. The second kappa shape index (κ2) is 5.02. The number of carbonyl (C=O) groups is 1. The van der Waals surface area contributed by atoms with Crippen LogP contribution in [0.3, 0.4) is 0 Å². The Labute approximate surface area is 105 Å². The summed E-state index contributed by atoms with van der Waals surface area (Å²) in [6.07, 6.45) is 0.805. The number of nitrogens with zero attached hydrogens (tertiary/aromatic N) is 1. The van der Waals surface area contributed by atoms with E-state index in [1.165, 1.54) is 0 Å². The molecule has 0 bridgehead atoms. The SMILES string of the molecule is CC1CC(CN)CN1C(=O)c1cc(F)ccc1F. The molecule has 1 aliphatic rings. The standard InChI is InChI=1S/C13H16F2N2O/c1-8-4-9(6-16)7-17(8)13(18)11-5-10(14)2-3-12(11)15/h2-3,5,8-9H,4,6-7,16H2,1H3. The van der Waals surface area contributed by atoms with E-state index in [9.17, 15) is 13.6 Å². The second-order valence-electron chi connectivity index (χ2n) is 4.77. The van der Waals surface area contributed by atoms with Crippen LogP contribution in [0.5, 0.6) is 0 Å². The monoisotopic (exact) mass is 254 g/mol. The van der Waals surface area contributed by atoms with Crippen LogP contribution >= 0.6 is 0 Å². The van der Waals surface area contributed by atoms with Gasteiger partial charge in [0, 0.05) is 12.6 Å². The Kier molecular flexibility index (Phi) is 3.61. The first-order valence-electron chi connectivity index (χ1n) is 5.99. The number of nitrogens with two attached hydrogens (primary N) is 1. The third-order valence-electron chi connectivity index (χ3n) is 3.41. The Bertz CT molecular complexity index is 464. The van der Waals surface area contributed by atoms with Crippen molar-refractivity contribution in [2.24, 2.45) is 11.7 Å². The van der Waals surface area contributed by atoms with Gasteiger partial charge in [-0.1, -0.05) is 0 Å². The van der Waals surface area contributed by atoms with Gasteiger partial charge in [0.05, 0.1) is 5.56 Å². The van der Waals surface area contributed by atoms with Crippen LogP contribution in [-0.4, -0.2) is 29.9 Å². The Balaban J connectivity index is 2.24. The number of halogens is 2. The molecule has 1 aliphatic heterocycles. The van der Waals surface area contributed by atoms with E-state index >= 15 is 0 Å². The van der Waals surface area contributed by atoms with Gasteiger partial charge in [-0.15, -0.1) is 0 Å². The van der Waals surface area contributed by atoms with E-state index in [0.717, 1.165) is 24.6 Å². The highest BCUT2D eigenvalue weighted by atomic mass is 19.1. The maximum Gasteiger partial charge on any atom is 0.257 e. The van der Waals surface area contributed by atoms with Gasteiger partial charge >= 0.3 is 0 Å². The summed E-state index contributed by atoms with van der Waals surface area (Å²) in [7, 11) is 0. The van der Waals surface area contributed by atoms with Gasteiger partial charge in [-0.3, -0.25) is 4.79 Å². The predicted molar refractivity (Wildman–Crippen MR) is 64.0 cm³/mol. The van der Waals surface area contributed by atoms with Crippen LogP contribution in [0.2, 0.25) is 0 Å². The third kappa shape index (κ3) is 2.36. The van der Waals surface area contributed by atoms with Crippen molar-refractivity contribution in [3.8, 4) is 0 Å². The van der Waals surface area contributed by atoms with Gasteiger partial charge in [-0.25, -0.2) is 8.78 Å². The zero-order chi connectivity index (χ0) is 13.3. The lowest BCUT2D eigenvalue weighted by Crippen LogP contribution is -2.35. The molecule has 98 valence electrons. The lowest BCUT2D eigenvalue weighted by molar-refractivity contribution is 0.0738. The van der Waals surface area contributed by atoms with Crippen molar-refractivity contribution in [2.45, 2.75) is 19.4 Å². The van der Waals surface area contributed by atoms with Crippen LogP contribution < -0.4 is 5.73 Å². The molecule has 2 atom stereocenters. The Morgan fingerprint density at radius 2 is 2.22 bits per heavy atom. The molecule has 0 spiro atoms. The fourth-order valence-corrected chi connectivity index (χ4v) is 2.41. The molecule has 1 amide bonds. The lowest BCUT2D eigenvalue weighted by Gasteiger charge is -2.21. The minimum atomic E-state index is -0.690. The molecule has 2 rings (SSSR count). The van der Waals surface area contributed by atoms with Crippen molar-refractivity contribution < 1.29 is 13.6 Å². The molecular formula is C13H16F2N2O. The van der Waals surface area contributed by atoms with E-state index < -0.39 is 17.5 Å². The van der Waals surface area contributed by atoms with Crippen molar-refractivity contribution >= 4 is 5.91 Å². The Morgan fingerprint density at radius 1 is 1.50 bits per heavy atom. The molecule has 5 heteroatoms. The second-order valence-corrected chi connectivity index (χ2v) is 4.77. The number of hydrogen-bond acceptors (Lipinski definition) is 2. The number of likely N-dealkylation sites (tertiary alicyclic amines) is 1. The summed E-state index contributed by atoms with van der Waals surface area (Å²) in [5.74, 6) is -1.53. The minimum Gasteiger partial charge on any atom is -0.336 e. The molecule has 1 heterocycles. The average Bonchev–Trinajstić information content (AvgIpc) is 2.73.